The summed E-state index contributed by atoms with van der Waals surface area (Å²) in [5.74, 6) is 0. The van der Waals surface area contributed by atoms with Gasteiger partial charge in [0.2, 0.25) is 0 Å². The van der Waals surface area contributed by atoms with Gasteiger partial charge in [0, 0.05) is 12.6 Å². The van der Waals surface area contributed by atoms with Gasteiger partial charge in [-0.15, -0.1) is 0 Å². The van der Waals surface area contributed by atoms with Crippen LogP contribution in [0.4, 0.5) is 0 Å². The Labute approximate surface area is 118 Å². The summed E-state index contributed by atoms with van der Waals surface area (Å²) < 4.78 is 0. The lowest BCUT2D eigenvalue weighted by molar-refractivity contribution is 0.134. The maximum absolute atomic E-state index is 3.74. The van der Waals surface area contributed by atoms with Crippen LogP contribution in [0.1, 0.15) is 32.3 Å². The molecule has 0 aromatic heterocycles. The monoisotopic (exact) mass is 260 g/mol. The van der Waals surface area contributed by atoms with Crippen molar-refractivity contribution in [1.29, 1.82) is 0 Å². The van der Waals surface area contributed by atoms with Crippen LogP contribution in [0.3, 0.4) is 0 Å². The van der Waals surface area contributed by atoms with E-state index in [1.807, 2.05) is 0 Å². The highest BCUT2D eigenvalue weighted by Crippen LogP contribution is 2.29. The Morgan fingerprint density at radius 1 is 1.21 bits per heavy atom. The average molecular weight is 260 g/mol. The summed E-state index contributed by atoms with van der Waals surface area (Å²) in [7, 11) is 2.23. The first kappa shape index (κ1) is 14.5. The Kier molecular flexibility index (Phi) is 5.00. The van der Waals surface area contributed by atoms with E-state index in [9.17, 15) is 0 Å². The second-order valence-electron chi connectivity index (χ2n) is 6.59. The molecule has 0 bridgehead atoms. The van der Waals surface area contributed by atoms with Crippen molar-refractivity contribution in [2.75, 3.05) is 26.7 Å². The number of hydrogen-bond acceptors (Lipinski definition) is 2. The third-order valence-corrected chi connectivity index (χ3v) is 4.46. The normalized spacial score (nSPS) is 21.2. The standard InChI is InChI=1S/C17H28N2/c1-15(13-16-7-5-4-6-8-16)18-14-17(2)9-11-19(3)12-10-17/h4-8,15,18H,9-14H2,1-3H3. The average Bonchev–Trinajstić information content (AvgIpc) is 2.42. The van der Waals surface area contributed by atoms with Gasteiger partial charge < -0.3 is 10.2 Å². The van der Waals surface area contributed by atoms with E-state index in [-0.39, 0.29) is 0 Å². The third-order valence-electron chi connectivity index (χ3n) is 4.46. The molecule has 1 aliphatic heterocycles. The van der Waals surface area contributed by atoms with Crippen molar-refractivity contribution in [2.24, 2.45) is 5.41 Å². The zero-order chi connectivity index (χ0) is 13.7. The lowest BCUT2D eigenvalue weighted by Gasteiger charge is -2.38. The number of likely N-dealkylation sites (tertiary alicyclic amines) is 1. The number of hydrogen-bond donors (Lipinski definition) is 1. The first-order valence-electron chi connectivity index (χ1n) is 7.53. The van der Waals surface area contributed by atoms with Crippen LogP contribution in [0.5, 0.6) is 0 Å². The molecule has 0 saturated carbocycles. The van der Waals surface area contributed by atoms with Crippen molar-refractivity contribution in [3.05, 3.63) is 35.9 Å². The molecule has 2 nitrogen and oxygen atoms in total. The first-order valence-corrected chi connectivity index (χ1v) is 7.53. The van der Waals surface area contributed by atoms with Crippen LogP contribution in [-0.4, -0.2) is 37.6 Å². The molecule has 1 fully saturated rings. The summed E-state index contributed by atoms with van der Waals surface area (Å²) in [6.07, 6.45) is 3.75. The van der Waals surface area contributed by atoms with Crippen molar-refractivity contribution in [1.82, 2.24) is 10.2 Å². The van der Waals surface area contributed by atoms with E-state index in [1.54, 1.807) is 0 Å². The number of benzene rings is 1. The molecule has 2 rings (SSSR count). The fourth-order valence-electron chi connectivity index (χ4n) is 2.80. The van der Waals surface area contributed by atoms with Crippen LogP contribution in [0.25, 0.3) is 0 Å². The van der Waals surface area contributed by atoms with Crippen LogP contribution < -0.4 is 5.32 Å². The van der Waals surface area contributed by atoms with Crippen LogP contribution >= 0.6 is 0 Å². The van der Waals surface area contributed by atoms with Crippen molar-refractivity contribution < 1.29 is 0 Å². The van der Waals surface area contributed by atoms with Crippen LogP contribution in [0, 0.1) is 5.41 Å². The second kappa shape index (κ2) is 6.53. The maximum Gasteiger partial charge on any atom is 0.00793 e. The molecule has 1 aromatic rings. The van der Waals surface area contributed by atoms with E-state index in [0.29, 0.717) is 11.5 Å². The van der Waals surface area contributed by atoms with Gasteiger partial charge in [0.1, 0.15) is 0 Å². The molecule has 2 heteroatoms. The Bertz CT molecular complexity index is 366. The highest BCUT2D eigenvalue weighted by Gasteiger charge is 2.28. The van der Waals surface area contributed by atoms with Crippen molar-refractivity contribution in [3.63, 3.8) is 0 Å². The molecule has 0 radical (unpaired) electrons. The van der Waals surface area contributed by atoms with Crippen LogP contribution in [-0.2, 0) is 6.42 Å². The van der Waals surface area contributed by atoms with Gasteiger partial charge in [0.15, 0.2) is 0 Å². The van der Waals surface area contributed by atoms with E-state index >= 15 is 0 Å². The summed E-state index contributed by atoms with van der Waals surface area (Å²) in [6, 6.07) is 11.3. The second-order valence-corrected chi connectivity index (χ2v) is 6.59. The number of nitrogens with one attached hydrogen (secondary N) is 1. The quantitative estimate of drug-likeness (QED) is 0.875. The van der Waals surface area contributed by atoms with E-state index in [0.717, 1.165) is 13.0 Å². The minimum absolute atomic E-state index is 0.484. The van der Waals surface area contributed by atoms with E-state index in [4.69, 9.17) is 0 Å². The molecule has 1 heterocycles. The van der Waals surface area contributed by atoms with Crippen LogP contribution in [0.15, 0.2) is 30.3 Å². The Hall–Kier alpha value is -0.860. The van der Waals surface area contributed by atoms with Crippen molar-refractivity contribution in [3.8, 4) is 0 Å². The summed E-state index contributed by atoms with van der Waals surface area (Å²) >= 11 is 0. The molecule has 106 valence electrons. The molecule has 1 atom stereocenters. The SMILES string of the molecule is CC(Cc1ccccc1)NCC1(C)CCN(C)CC1. The smallest absolute Gasteiger partial charge is 0.00793 e. The molecule has 1 unspecified atom stereocenters. The van der Waals surface area contributed by atoms with Gasteiger partial charge in [0.05, 0.1) is 0 Å². The van der Waals surface area contributed by atoms with Crippen molar-refractivity contribution >= 4 is 0 Å². The molecule has 1 aromatic carbocycles. The maximum atomic E-state index is 3.74. The van der Waals surface area contributed by atoms with Crippen molar-refractivity contribution in [2.45, 2.75) is 39.2 Å². The predicted octanol–water partition coefficient (Wildman–Crippen LogP) is 2.94. The van der Waals surface area contributed by atoms with Gasteiger partial charge in [-0.25, -0.2) is 0 Å². The number of rotatable bonds is 5. The largest absolute Gasteiger partial charge is 0.313 e. The number of piperidine rings is 1. The fourth-order valence-corrected chi connectivity index (χ4v) is 2.80. The summed E-state index contributed by atoms with van der Waals surface area (Å²) in [5.41, 5.74) is 1.91. The minimum atomic E-state index is 0.484. The first-order chi connectivity index (χ1) is 9.07. The molecular weight excluding hydrogens is 232 g/mol. The Morgan fingerprint density at radius 3 is 2.47 bits per heavy atom. The minimum Gasteiger partial charge on any atom is -0.313 e. The predicted molar refractivity (Wildman–Crippen MR) is 82.4 cm³/mol. The molecular formula is C17H28N2. The molecule has 1 aliphatic rings. The molecule has 1 N–H and O–H groups in total. The zero-order valence-electron chi connectivity index (χ0n) is 12.7. The summed E-state index contributed by atoms with van der Waals surface area (Å²) in [6.45, 7) is 8.36. The molecule has 19 heavy (non-hydrogen) atoms. The molecule has 0 aliphatic carbocycles. The van der Waals surface area contributed by atoms with E-state index < -0.39 is 0 Å². The number of nitrogens with zero attached hydrogens (tertiary/aromatic N) is 1. The topological polar surface area (TPSA) is 15.3 Å². The third kappa shape index (κ3) is 4.63. The Balaban J connectivity index is 1.75. The van der Waals surface area contributed by atoms with E-state index in [1.165, 1.54) is 31.5 Å². The molecule has 0 spiro atoms. The van der Waals surface area contributed by atoms with Gasteiger partial charge in [-0.2, -0.15) is 0 Å². The highest BCUT2D eigenvalue weighted by atomic mass is 15.1. The van der Waals surface area contributed by atoms with E-state index in [2.05, 4.69) is 61.4 Å². The molecule has 0 amide bonds. The summed E-state index contributed by atoms with van der Waals surface area (Å²) in [5, 5.41) is 3.74. The lowest BCUT2D eigenvalue weighted by Crippen LogP contribution is -2.44. The van der Waals surface area contributed by atoms with Gasteiger partial charge >= 0.3 is 0 Å². The van der Waals surface area contributed by atoms with Gasteiger partial charge in [-0.3, -0.25) is 0 Å². The highest BCUT2D eigenvalue weighted by molar-refractivity contribution is 5.15. The van der Waals surface area contributed by atoms with Gasteiger partial charge in [-0.1, -0.05) is 37.3 Å². The van der Waals surface area contributed by atoms with Gasteiger partial charge in [-0.05, 0) is 57.3 Å². The summed E-state index contributed by atoms with van der Waals surface area (Å²) in [4.78, 5) is 2.44. The fraction of sp³-hybridized carbons (Fsp3) is 0.647. The Morgan fingerprint density at radius 2 is 1.84 bits per heavy atom. The zero-order valence-corrected chi connectivity index (χ0v) is 12.7. The van der Waals surface area contributed by atoms with Crippen LogP contribution in [0.2, 0.25) is 0 Å². The van der Waals surface area contributed by atoms with Gasteiger partial charge in [0.25, 0.3) is 0 Å². The lowest BCUT2D eigenvalue weighted by atomic mass is 9.80. The molecule has 1 saturated heterocycles.